The van der Waals surface area contributed by atoms with E-state index in [1.54, 1.807) is 6.20 Å². The smallest absolute Gasteiger partial charge is 0.257 e. The molecule has 0 unspecified atom stereocenters. The number of carbonyl (C=O) groups excluding carboxylic acids is 1. The fourth-order valence-electron chi connectivity index (χ4n) is 3.25. The van der Waals surface area contributed by atoms with Gasteiger partial charge in [-0.2, -0.15) is 5.10 Å². The second-order valence-corrected chi connectivity index (χ2v) is 5.77. The van der Waals surface area contributed by atoms with Crippen LogP contribution in [0, 0.1) is 0 Å². The third-order valence-corrected chi connectivity index (χ3v) is 4.44. The lowest BCUT2D eigenvalue weighted by Crippen LogP contribution is -2.41. The van der Waals surface area contributed by atoms with Gasteiger partial charge in [-0.05, 0) is 19.3 Å². The quantitative estimate of drug-likeness (QED) is 0.941. The first-order valence-electron chi connectivity index (χ1n) is 8.07. The lowest BCUT2D eigenvalue weighted by atomic mass is 10.0. The van der Waals surface area contributed by atoms with Gasteiger partial charge >= 0.3 is 0 Å². The Hall–Kier alpha value is -2.11. The van der Waals surface area contributed by atoms with Crippen LogP contribution in [0.2, 0.25) is 0 Å². The Labute approximate surface area is 130 Å². The van der Waals surface area contributed by atoms with Crippen LogP contribution in [0.15, 0.2) is 18.6 Å². The molecule has 0 radical (unpaired) electrons. The number of nitrogens with zero attached hydrogens (tertiary/aromatic N) is 4. The molecule has 2 aromatic heterocycles. The fourth-order valence-corrected chi connectivity index (χ4v) is 3.25. The number of rotatable bonds is 4. The van der Waals surface area contributed by atoms with E-state index in [4.69, 9.17) is 0 Å². The van der Waals surface area contributed by atoms with Crippen molar-refractivity contribution in [3.63, 3.8) is 0 Å². The molecule has 0 aromatic carbocycles. The zero-order valence-corrected chi connectivity index (χ0v) is 13.2. The third-order valence-electron chi connectivity index (χ3n) is 4.44. The number of carbonyl (C=O) groups is 1. The molecule has 3 heterocycles. The van der Waals surface area contributed by atoms with Crippen molar-refractivity contribution in [3.05, 3.63) is 35.7 Å². The molecule has 2 aromatic rings. The number of nitrogens with one attached hydrogen (secondary N) is 1. The molecule has 1 aliphatic rings. The van der Waals surface area contributed by atoms with Gasteiger partial charge < -0.3 is 9.47 Å². The Bertz CT molecular complexity index is 645. The Morgan fingerprint density at radius 2 is 2.27 bits per heavy atom. The van der Waals surface area contributed by atoms with E-state index < -0.39 is 0 Å². The highest BCUT2D eigenvalue weighted by Gasteiger charge is 2.27. The van der Waals surface area contributed by atoms with Gasteiger partial charge in [-0.3, -0.25) is 9.89 Å². The first-order chi connectivity index (χ1) is 10.7. The van der Waals surface area contributed by atoms with Gasteiger partial charge in [0, 0.05) is 37.6 Å². The van der Waals surface area contributed by atoms with E-state index in [1.165, 1.54) is 0 Å². The van der Waals surface area contributed by atoms with E-state index in [9.17, 15) is 4.79 Å². The van der Waals surface area contributed by atoms with Crippen molar-refractivity contribution in [2.75, 3.05) is 13.1 Å². The van der Waals surface area contributed by atoms with Crippen LogP contribution in [0.3, 0.4) is 0 Å². The highest BCUT2D eigenvalue weighted by atomic mass is 16.2. The van der Waals surface area contributed by atoms with Crippen LogP contribution in [0.1, 0.15) is 54.6 Å². The largest absolute Gasteiger partial charge is 0.336 e. The number of aryl methyl sites for hydroxylation is 2. The molecule has 1 saturated heterocycles. The summed E-state index contributed by atoms with van der Waals surface area (Å²) in [4.78, 5) is 19.1. The number of likely N-dealkylation sites (tertiary alicyclic amines) is 1. The molecule has 1 atom stereocenters. The van der Waals surface area contributed by atoms with E-state index in [-0.39, 0.29) is 5.91 Å². The maximum Gasteiger partial charge on any atom is 0.257 e. The minimum atomic E-state index is 0.0912. The first kappa shape index (κ1) is 14.8. The molecule has 0 aliphatic carbocycles. The molecule has 1 fully saturated rings. The van der Waals surface area contributed by atoms with Gasteiger partial charge in [-0.1, -0.05) is 13.8 Å². The monoisotopic (exact) mass is 301 g/mol. The molecule has 3 rings (SSSR count). The molecule has 1 amide bonds. The Kier molecular flexibility index (Phi) is 4.27. The molecule has 1 N–H and O–H groups in total. The molecule has 6 nitrogen and oxygen atoms in total. The summed E-state index contributed by atoms with van der Waals surface area (Å²) in [7, 11) is 0. The predicted molar refractivity (Wildman–Crippen MR) is 83.7 cm³/mol. The highest BCUT2D eigenvalue weighted by Crippen LogP contribution is 2.24. The van der Waals surface area contributed by atoms with Crippen LogP contribution < -0.4 is 0 Å². The van der Waals surface area contributed by atoms with E-state index in [0.29, 0.717) is 11.6 Å². The molecule has 0 bridgehead atoms. The second kappa shape index (κ2) is 6.34. The van der Waals surface area contributed by atoms with Crippen LogP contribution in [0.4, 0.5) is 0 Å². The van der Waals surface area contributed by atoms with Gasteiger partial charge in [0.1, 0.15) is 5.82 Å². The number of hydrogen-bond donors (Lipinski definition) is 1. The summed E-state index contributed by atoms with van der Waals surface area (Å²) < 4.78 is 2.23. The standard InChI is InChI=1S/C16H23N5O/c1-3-14-13(10-18-19-14)16(22)20-8-5-6-12(11-20)21-9-7-17-15(21)4-2/h7,9-10,12H,3-6,8,11H2,1-2H3,(H,18,19)/t12-/m1/s1. The minimum Gasteiger partial charge on any atom is -0.336 e. The van der Waals surface area contributed by atoms with Gasteiger partial charge in [0.25, 0.3) is 5.91 Å². The average molecular weight is 301 g/mol. The lowest BCUT2D eigenvalue weighted by molar-refractivity contribution is 0.0677. The van der Waals surface area contributed by atoms with Gasteiger partial charge in [0.05, 0.1) is 17.8 Å². The van der Waals surface area contributed by atoms with Crippen LogP contribution in [-0.4, -0.2) is 43.6 Å². The maximum absolute atomic E-state index is 12.8. The lowest BCUT2D eigenvalue weighted by Gasteiger charge is -2.34. The van der Waals surface area contributed by atoms with E-state index in [1.807, 2.05) is 24.2 Å². The summed E-state index contributed by atoms with van der Waals surface area (Å²) >= 11 is 0. The molecule has 118 valence electrons. The highest BCUT2D eigenvalue weighted by molar-refractivity contribution is 5.95. The number of hydrogen-bond acceptors (Lipinski definition) is 3. The van der Waals surface area contributed by atoms with Crippen molar-refractivity contribution in [2.45, 2.75) is 45.6 Å². The Balaban J connectivity index is 1.77. The summed E-state index contributed by atoms with van der Waals surface area (Å²) in [5.41, 5.74) is 1.63. The molecular formula is C16H23N5O. The van der Waals surface area contributed by atoms with Crippen molar-refractivity contribution in [1.29, 1.82) is 0 Å². The number of imidazole rings is 1. The van der Waals surface area contributed by atoms with Crippen molar-refractivity contribution < 1.29 is 4.79 Å². The number of aromatic amines is 1. The molecular weight excluding hydrogens is 278 g/mol. The van der Waals surface area contributed by atoms with Crippen LogP contribution in [0.25, 0.3) is 0 Å². The zero-order chi connectivity index (χ0) is 15.5. The van der Waals surface area contributed by atoms with Crippen LogP contribution >= 0.6 is 0 Å². The van der Waals surface area contributed by atoms with E-state index >= 15 is 0 Å². The predicted octanol–water partition coefficient (Wildman–Crippen LogP) is 2.21. The van der Waals surface area contributed by atoms with Crippen molar-refractivity contribution in [1.82, 2.24) is 24.6 Å². The second-order valence-electron chi connectivity index (χ2n) is 5.77. The Morgan fingerprint density at radius 3 is 3.05 bits per heavy atom. The van der Waals surface area contributed by atoms with Gasteiger partial charge in [-0.25, -0.2) is 4.98 Å². The number of amides is 1. The molecule has 1 aliphatic heterocycles. The SMILES string of the molecule is CCc1[nH]ncc1C(=O)N1CCC[C@@H](n2ccnc2CC)C1. The summed E-state index contributed by atoms with van der Waals surface area (Å²) in [5, 5.41) is 6.94. The third kappa shape index (κ3) is 2.65. The fraction of sp³-hybridized carbons (Fsp3) is 0.562. The number of piperidine rings is 1. The summed E-state index contributed by atoms with van der Waals surface area (Å²) in [6.45, 7) is 5.71. The Morgan fingerprint density at radius 1 is 1.41 bits per heavy atom. The number of H-pyrrole nitrogens is 1. The molecule has 22 heavy (non-hydrogen) atoms. The van der Waals surface area contributed by atoms with Crippen LogP contribution in [0.5, 0.6) is 0 Å². The van der Waals surface area contributed by atoms with Crippen LogP contribution in [-0.2, 0) is 12.8 Å². The minimum absolute atomic E-state index is 0.0912. The molecule has 6 heteroatoms. The molecule has 0 saturated carbocycles. The summed E-state index contributed by atoms with van der Waals surface area (Å²) in [5.74, 6) is 1.19. The average Bonchev–Trinajstić information content (AvgIpc) is 3.22. The zero-order valence-electron chi connectivity index (χ0n) is 13.2. The summed E-state index contributed by atoms with van der Waals surface area (Å²) in [6, 6.07) is 0.326. The van der Waals surface area contributed by atoms with Crippen molar-refractivity contribution in [3.8, 4) is 0 Å². The molecule has 0 spiro atoms. The van der Waals surface area contributed by atoms with Gasteiger partial charge in [0.15, 0.2) is 0 Å². The summed E-state index contributed by atoms with van der Waals surface area (Å²) in [6.07, 6.45) is 9.37. The van der Waals surface area contributed by atoms with Crippen molar-refractivity contribution in [2.24, 2.45) is 0 Å². The topological polar surface area (TPSA) is 66.8 Å². The number of aromatic nitrogens is 4. The van der Waals surface area contributed by atoms with Gasteiger partial charge in [-0.15, -0.1) is 0 Å². The normalized spacial score (nSPS) is 18.6. The van der Waals surface area contributed by atoms with E-state index in [2.05, 4.69) is 26.7 Å². The van der Waals surface area contributed by atoms with Gasteiger partial charge in [0.2, 0.25) is 0 Å². The van der Waals surface area contributed by atoms with E-state index in [0.717, 1.165) is 50.3 Å². The van der Waals surface area contributed by atoms with Crippen molar-refractivity contribution >= 4 is 5.91 Å². The maximum atomic E-state index is 12.8. The first-order valence-corrected chi connectivity index (χ1v) is 8.07.